The molecule has 3 nitrogen and oxygen atoms in total. The first-order valence-corrected chi connectivity index (χ1v) is 8.04. The molecule has 0 atom stereocenters. The number of halogens is 1. The van der Waals surface area contributed by atoms with Crippen molar-refractivity contribution in [2.75, 3.05) is 20.6 Å². The number of guanidine groups is 1. The van der Waals surface area contributed by atoms with Crippen LogP contribution in [0.15, 0.2) is 17.1 Å². The Hall–Kier alpha value is -0.740. The van der Waals surface area contributed by atoms with Crippen LogP contribution >= 0.6 is 22.9 Å². The second-order valence-corrected chi connectivity index (χ2v) is 6.92. The molecule has 0 bridgehead atoms. The topological polar surface area (TPSA) is 27.6 Å². The minimum absolute atomic E-state index is 0.843. The van der Waals surface area contributed by atoms with E-state index < -0.39 is 0 Å². The van der Waals surface area contributed by atoms with Gasteiger partial charge in [-0.05, 0) is 30.9 Å². The standard InChI is InChI=1S/C14H22ClN3S/c1-16-14(17-9-3-4-11-5-6-11)18(2)10-12-7-8-13(15)19-12/h7-8,11H,3-6,9-10H2,1-2H3,(H,16,17). The third-order valence-electron chi connectivity index (χ3n) is 3.36. The van der Waals surface area contributed by atoms with E-state index in [0.717, 1.165) is 29.3 Å². The van der Waals surface area contributed by atoms with E-state index in [2.05, 4.69) is 28.3 Å². The Morgan fingerprint density at radius 1 is 1.53 bits per heavy atom. The molecular formula is C14H22ClN3S. The molecule has 2 rings (SSSR count). The van der Waals surface area contributed by atoms with Gasteiger partial charge in [0.1, 0.15) is 0 Å². The smallest absolute Gasteiger partial charge is 0.193 e. The lowest BCUT2D eigenvalue weighted by Crippen LogP contribution is -2.38. The Morgan fingerprint density at radius 2 is 2.32 bits per heavy atom. The first kappa shape index (κ1) is 14.7. The average Bonchev–Trinajstić information content (AvgIpc) is 3.12. The maximum atomic E-state index is 5.95. The predicted octanol–water partition coefficient (Wildman–Crippen LogP) is 3.60. The summed E-state index contributed by atoms with van der Waals surface area (Å²) in [6, 6.07) is 4.02. The van der Waals surface area contributed by atoms with Gasteiger partial charge in [-0.1, -0.05) is 24.4 Å². The van der Waals surface area contributed by atoms with Crippen molar-refractivity contribution in [3.8, 4) is 0 Å². The highest BCUT2D eigenvalue weighted by Crippen LogP contribution is 2.33. The summed E-state index contributed by atoms with van der Waals surface area (Å²) in [5.74, 6) is 1.97. The fraction of sp³-hybridized carbons (Fsp3) is 0.643. The summed E-state index contributed by atoms with van der Waals surface area (Å²) in [6.07, 6.45) is 5.47. The second-order valence-electron chi connectivity index (χ2n) is 5.12. The van der Waals surface area contributed by atoms with E-state index >= 15 is 0 Å². The Balaban J connectivity index is 1.72. The zero-order chi connectivity index (χ0) is 13.7. The van der Waals surface area contributed by atoms with E-state index in [0.29, 0.717) is 0 Å². The largest absolute Gasteiger partial charge is 0.356 e. The van der Waals surface area contributed by atoms with E-state index in [-0.39, 0.29) is 0 Å². The van der Waals surface area contributed by atoms with Crippen molar-refractivity contribution in [2.45, 2.75) is 32.2 Å². The monoisotopic (exact) mass is 299 g/mol. The van der Waals surface area contributed by atoms with Crippen LogP contribution in [0.5, 0.6) is 0 Å². The maximum absolute atomic E-state index is 5.95. The lowest BCUT2D eigenvalue weighted by atomic mass is 10.2. The zero-order valence-corrected chi connectivity index (χ0v) is 13.2. The summed E-state index contributed by atoms with van der Waals surface area (Å²) in [4.78, 5) is 7.72. The Bertz CT molecular complexity index is 426. The Labute approximate surface area is 124 Å². The molecule has 0 unspecified atom stereocenters. The number of rotatable bonds is 6. The van der Waals surface area contributed by atoms with Crippen LogP contribution in [-0.2, 0) is 6.54 Å². The molecule has 0 spiro atoms. The van der Waals surface area contributed by atoms with Crippen LogP contribution < -0.4 is 5.32 Å². The first-order chi connectivity index (χ1) is 9.19. The van der Waals surface area contributed by atoms with Crippen molar-refractivity contribution >= 4 is 28.9 Å². The molecule has 1 saturated carbocycles. The second kappa shape index (κ2) is 7.15. The number of nitrogens with zero attached hydrogens (tertiary/aromatic N) is 2. The average molecular weight is 300 g/mol. The fourth-order valence-corrected chi connectivity index (χ4v) is 3.27. The van der Waals surface area contributed by atoms with Gasteiger partial charge in [0.25, 0.3) is 0 Å². The van der Waals surface area contributed by atoms with E-state index in [1.165, 1.54) is 30.6 Å². The SMILES string of the molecule is CN=C(NCCCC1CC1)N(C)Cc1ccc(Cl)s1. The minimum atomic E-state index is 0.843. The Kier molecular flexibility index (Phi) is 5.52. The van der Waals surface area contributed by atoms with Gasteiger partial charge < -0.3 is 10.2 Å². The van der Waals surface area contributed by atoms with Gasteiger partial charge in [0.2, 0.25) is 0 Å². The van der Waals surface area contributed by atoms with E-state index in [4.69, 9.17) is 11.6 Å². The van der Waals surface area contributed by atoms with Crippen LogP contribution in [0.4, 0.5) is 0 Å². The minimum Gasteiger partial charge on any atom is -0.356 e. The van der Waals surface area contributed by atoms with Crippen LogP contribution in [0.3, 0.4) is 0 Å². The van der Waals surface area contributed by atoms with Crippen LogP contribution in [0.1, 0.15) is 30.6 Å². The lowest BCUT2D eigenvalue weighted by Gasteiger charge is -2.21. The summed E-state index contributed by atoms with van der Waals surface area (Å²) in [7, 11) is 3.89. The lowest BCUT2D eigenvalue weighted by molar-refractivity contribution is 0.478. The molecule has 1 aliphatic carbocycles. The normalized spacial score (nSPS) is 15.6. The van der Waals surface area contributed by atoms with E-state index in [1.54, 1.807) is 11.3 Å². The van der Waals surface area contributed by atoms with Crippen molar-refractivity contribution in [2.24, 2.45) is 10.9 Å². The number of thiophene rings is 1. The molecule has 19 heavy (non-hydrogen) atoms. The maximum Gasteiger partial charge on any atom is 0.193 e. The van der Waals surface area contributed by atoms with Gasteiger partial charge in [0.05, 0.1) is 10.9 Å². The molecule has 0 saturated heterocycles. The molecule has 1 fully saturated rings. The molecule has 0 aromatic carbocycles. The molecule has 1 aromatic heterocycles. The van der Waals surface area contributed by atoms with Crippen LogP contribution in [-0.4, -0.2) is 31.5 Å². The molecule has 1 heterocycles. The predicted molar refractivity (Wildman–Crippen MR) is 84.1 cm³/mol. The van der Waals surface area contributed by atoms with Gasteiger partial charge in [-0.25, -0.2) is 0 Å². The van der Waals surface area contributed by atoms with Crippen molar-refractivity contribution in [1.29, 1.82) is 0 Å². The molecule has 0 aliphatic heterocycles. The molecule has 1 aromatic rings. The van der Waals surface area contributed by atoms with Crippen LogP contribution in [0.25, 0.3) is 0 Å². The van der Waals surface area contributed by atoms with Gasteiger partial charge in [0, 0.05) is 25.5 Å². The number of hydrogen-bond acceptors (Lipinski definition) is 2. The number of nitrogens with one attached hydrogen (secondary N) is 1. The summed E-state index contributed by atoms with van der Waals surface area (Å²) in [5.41, 5.74) is 0. The molecule has 1 aliphatic rings. The van der Waals surface area contributed by atoms with Crippen molar-refractivity contribution in [1.82, 2.24) is 10.2 Å². The number of aliphatic imine (C=N–C) groups is 1. The summed E-state index contributed by atoms with van der Waals surface area (Å²) in [6.45, 7) is 1.86. The highest BCUT2D eigenvalue weighted by Gasteiger charge is 2.20. The quantitative estimate of drug-likeness (QED) is 0.494. The zero-order valence-electron chi connectivity index (χ0n) is 11.7. The highest BCUT2D eigenvalue weighted by molar-refractivity contribution is 7.16. The van der Waals surface area contributed by atoms with Crippen molar-refractivity contribution < 1.29 is 0 Å². The van der Waals surface area contributed by atoms with Crippen molar-refractivity contribution in [3.05, 3.63) is 21.3 Å². The molecule has 106 valence electrons. The van der Waals surface area contributed by atoms with Crippen LogP contribution in [0, 0.1) is 5.92 Å². The molecule has 1 N–H and O–H groups in total. The third kappa shape index (κ3) is 5.03. The number of hydrogen-bond donors (Lipinski definition) is 1. The van der Waals surface area contributed by atoms with Crippen LogP contribution in [0.2, 0.25) is 4.34 Å². The summed E-state index contributed by atoms with van der Waals surface area (Å²) in [5, 5.41) is 3.43. The first-order valence-electron chi connectivity index (χ1n) is 6.85. The van der Waals surface area contributed by atoms with Gasteiger partial charge in [-0.2, -0.15) is 0 Å². The third-order valence-corrected chi connectivity index (χ3v) is 4.58. The summed E-state index contributed by atoms with van der Waals surface area (Å²) >= 11 is 7.57. The molecule has 0 radical (unpaired) electrons. The van der Waals surface area contributed by atoms with E-state index in [9.17, 15) is 0 Å². The summed E-state index contributed by atoms with van der Waals surface area (Å²) < 4.78 is 0.843. The van der Waals surface area contributed by atoms with Gasteiger partial charge >= 0.3 is 0 Å². The molecule has 0 amide bonds. The van der Waals surface area contributed by atoms with Gasteiger partial charge in [-0.15, -0.1) is 11.3 Å². The van der Waals surface area contributed by atoms with Crippen molar-refractivity contribution in [3.63, 3.8) is 0 Å². The Morgan fingerprint density at radius 3 is 2.89 bits per heavy atom. The van der Waals surface area contributed by atoms with E-state index in [1.807, 2.05) is 13.1 Å². The fourth-order valence-electron chi connectivity index (χ4n) is 2.13. The molecular weight excluding hydrogens is 278 g/mol. The highest BCUT2D eigenvalue weighted by atomic mass is 35.5. The molecule has 5 heteroatoms. The van der Waals surface area contributed by atoms with Gasteiger partial charge in [-0.3, -0.25) is 4.99 Å². The van der Waals surface area contributed by atoms with Gasteiger partial charge in [0.15, 0.2) is 5.96 Å².